The van der Waals surface area contributed by atoms with Crippen molar-refractivity contribution < 1.29 is 10.2 Å². The third-order valence-electron chi connectivity index (χ3n) is 8.58. The molecule has 0 bridgehead atoms. The average Bonchev–Trinajstić information content (AvgIpc) is 3.34. The van der Waals surface area contributed by atoms with Gasteiger partial charge in [-0.2, -0.15) is 0 Å². The lowest BCUT2D eigenvalue weighted by Gasteiger charge is -2.42. The maximum atomic E-state index is 12.5. The molecule has 2 aliphatic carbocycles. The molecular formula is C27H39N3O3S. The number of hydrogen-bond donors (Lipinski definition) is 4. The molecule has 3 aliphatic rings. The molecule has 1 aromatic heterocycles. The van der Waals surface area contributed by atoms with Crippen molar-refractivity contribution >= 4 is 16.3 Å². The van der Waals surface area contributed by atoms with Gasteiger partial charge in [-0.15, -0.1) is 0 Å². The van der Waals surface area contributed by atoms with Crippen LogP contribution >= 0.6 is 11.3 Å². The zero-order valence-corrected chi connectivity index (χ0v) is 21.7. The zero-order chi connectivity index (χ0) is 24.3. The lowest BCUT2D eigenvalue weighted by Crippen LogP contribution is -2.49. The summed E-state index contributed by atoms with van der Waals surface area (Å²) in [5.41, 5.74) is 5.17. The van der Waals surface area contributed by atoms with Crippen LogP contribution in [0.1, 0.15) is 77.3 Å². The first kappa shape index (κ1) is 24.0. The Morgan fingerprint density at radius 3 is 2.32 bits per heavy atom. The number of anilines is 1. The Balaban J connectivity index is 1.36. The van der Waals surface area contributed by atoms with Crippen molar-refractivity contribution in [2.45, 2.75) is 101 Å². The molecule has 1 saturated carbocycles. The molecule has 4 N–H and O–H groups in total. The molecule has 0 spiro atoms. The number of aliphatic hydroxyl groups excluding tert-OH is 2. The first-order valence-electron chi connectivity index (χ1n) is 12.8. The minimum atomic E-state index is -0.669. The Labute approximate surface area is 206 Å². The molecule has 6 nitrogen and oxygen atoms in total. The van der Waals surface area contributed by atoms with Gasteiger partial charge in [0.15, 0.2) is 0 Å². The van der Waals surface area contributed by atoms with Gasteiger partial charge in [-0.1, -0.05) is 51.2 Å². The smallest absolute Gasteiger partial charge is 0.306 e. The minimum Gasteiger partial charge on any atom is -0.390 e. The number of hydrogen-bond acceptors (Lipinski definition) is 6. The topological polar surface area (TPSA) is 88.6 Å². The van der Waals surface area contributed by atoms with Crippen LogP contribution in [0, 0.1) is 0 Å². The van der Waals surface area contributed by atoms with Crippen LogP contribution in [-0.4, -0.2) is 52.6 Å². The summed E-state index contributed by atoms with van der Waals surface area (Å²) in [4.78, 5) is 17.9. The van der Waals surface area contributed by atoms with Crippen LogP contribution in [0.25, 0.3) is 11.3 Å². The average molecular weight is 486 g/mol. The van der Waals surface area contributed by atoms with E-state index in [9.17, 15) is 15.0 Å². The lowest BCUT2D eigenvalue weighted by molar-refractivity contribution is 0.0276. The van der Waals surface area contributed by atoms with Crippen LogP contribution in [0.2, 0.25) is 0 Å². The number of H-pyrrole nitrogens is 1. The van der Waals surface area contributed by atoms with Crippen molar-refractivity contribution in [3.05, 3.63) is 39.0 Å². The molecular weight excluding hydrogens is 446 g/mol. The molecule has 2 heterocycles. The van der Waals surface area contributed by atoms with Crippen LogP contribution in [-0.2, 0) is 10.8 Å². The minimum absolute atomic E-state index is 0.00868. The van der Waals surface area contributed by atoms with Gasteiger partial charge in [0.2, 0.25) is 0 Å². The first-order valence-corrected chi connectivity index (χ1v) is 13.6. The van der Waals surface area contributed by atoms with E-state index in [1.807, 2.05) is 0 Å². The molecule has 0 unspecified atom stereocenters. The number of nitrogens with one attached hydrogen (secondary N) is 2. The molecule has 5 rings (SSSR count). The van der Waals surface area contributed by atoms with E-state index in [1.165, 1.54) is 28.9 Å². The van der Waals surface area contributed by atoms with Crippen LogP contribution < -0.4 is 15.1 Å². The molecule has 3 atom stereocenters. The Bertz CT molecular complexity index is 1100. The molecule has 0 amide bonds. The normalized spacial score (nSPS) is 28.8. The van der Waals surface area contributed by atoms with Crippen molar-refractivity contribution in [3.8, 4) is 11.3 Å². The summed E-state index contributed by atoms with van der Waals surface area (Å²) in [5.74, 6) is 0. The third kappa shape index (κ3) is 4.36. The number of benzene rings is 1. The number of aromatic nitrogens is 1. The van der Waals surface area contributed by atoms with E-state index in [0.717, 1.165) is 55.0 Å². The van der Waals surface area contributed by atoms with Gasteiger partial charge in [0.1, 0.15) is 5.00 Å². The molecule has 7 heteroatoms. The van der Waals surface area contributed by atoms with Gasteiger partial charge in [-0.05, 0) is 66.5 Å². The summed E-state index contributed by atoms with van der Waals surface area (Å²) >= 11 is 1.31. The number of rotatable bonds is 4. The van der Waals surface area contributed by atoms with Crippen LogP contribution in [0.3, 0.4) is 0 Å². The quantitative estimate of drug-likeness (QED) is 0.528. The SMILES string of the molecule is CC1(C)CCC(C)(C)c2cc(-c3[nH]c(=O)sc3N3CCC(N[C@@H]4CC[C@@H](O)[C@H]4O)CC3)ccc21. The highest BCUT2D eigenvalue weighted by molar-refractivity contribution is 7.14. The largest absolute Gasteiger partial charge is 0.390 e. The van der Waals surface area contributed by atoms with E-state index in [2.05, 4.69) is 61.1 Å². The summed E-state index contributed by atoms with van der Waals surface area (Å²) in [6.07, 6.45) is 4.46. The summed E-state index contributed by atoms with van der Waals surface area (Å²) in [6, 6.07) is 7.09. The Morgan fingerprint density at radius 2 is 1.68 bits per heavy atom. The van der Waals surface area contributed by atoms with Gasteiger partial charge in [-0.25, -0.2) is 0 Å². The highest BCUT2D eigenvalue weighted by atomic mass is 32.1. The van der Waals surface area contributed by atoms with Crippen LogP contribution in [0.5, 0.6) is 0 Å². The zero-order valence-electron chi connectivity index (χ0n) is 20.9. The summed E-state index contributed by atoms with van der Waals surface area (Å²) in [6.45, 7) is 11.1. The first-order chi connectivity index (χ1) is 16.0. The molecule has 1 aromatic carbocycles. The predicted molar refractivity (Wildman–Crippen MR) is 139 cm³/mol. The van der Waals surface area contributed by atoms with Gasteiger partial charge < -0.3 is 25.4 Å². The van der Waals surface area contributed by atoms with E-state index < -0.39 is 12.2 Å². The second-order valence-corrected chi connectivity index (χ2v) is 12.9. The maximum absolute atomic E-state index is 12.5. The number of aliphatic hydroxyl groups is 2. The van der Waals surface area contributed by atoms with E-state index >= 15 is 0 Å². The maximum Gasteiger partial charge on any atom is 0.306 e. The fourth-order valence-corrected chi connectivity index (χ4v) is 7.09. The molecule has 186 valence electrons. The van der Waals surface area contributed by atoms with Gasteiger partial charge in [0.05, 0.1) is 17.9 Å². The van der Waals surface area contributed by atoms with E-state index in [-0.39, 0.29) is 21.7 Å². The Hall–Kier alpha value is -1.67. The number of nitrogens with zero attached hydrogens (tertiary/aromatic N) is 1. The molecule has 1 saturated heterocycles. The highest BCUT2D eigenvalue weighted by Crippen LogP contribution is 2.47. The van der Waals surface area contributed by atoms with E-state index in [0.29, 0.717) is 12.5 Å². The van der Waals surface area contributed by atoms with Gasteiger partial charge in [0, 0.05) is 30.7 Å². The van der Waals surface area contributed by atoms with Crippen LogP contribution in [0.15, 0.2) is 23.0 Å². The standard InChI is InChI=1S/C27H39N3O3S/c1-26(2)11-12-27(3,4)19-15-16(5-6-18(19)26)22-24(34-25(33)29-22)30-13-9-17(10-14-30)28-20-7-8-21(31)23(20)32/h5-6,15,17,20-21,23,28,31-32H,7-14H2,1-4H3,(H,29,33)/t20-,21-,23+/m1/s1. The number of piperidine rings is 1. The fourth-order valence-electron chi connectivity index (χ4n) is 6.18. The number of thiazole rings is 1. The van der Waals surface area contributed by atoms with Gasteiger partial charge in [0.25, 0.3) is 0 Å². The van der Waals surface area contributed by atoms with Crippen molar-refractivity contribution in [1.82, 2.24) is 10.3 Å². The van der Waals surface area contributed by atoms with Crippen molar-refractivity contribution in [3.63, 3.8) is 0 Å². The number of fused-ring (bicyclic) bond motifs is 1. The molecule has 0 radical (unpaired) electrons. The molecule has 2 aromatic rings. The van der Waals surface area contributed by atoms with Crippen molar-refractivity contribution in [2.75, 3.05) is 18.0 Å². The second-order valence-electron chi connectivity index (χ2n) is 11.9. The second kappa shape index (κ2) is 8.77. The fraction of sp³-hybridized carbons (Fsp3) is 0.667. The molecule has 34 heavy (non-hydrogen) atoms. The summed E-state index contributed by atoms with van der Waals surface area (Å²) in [5, 5.41) is 24.6. The van der Waals surface area contributed by atoms with Gasteiger partial charge in [-0.3, -0.25) is 4.79 Å². The van der Waals surface area contributed by atoms with E-state index in [4.69, 9.17) is 0 Å². The summed E-state index contributed by atoms with van der Waals surface area (Å²) < 4.78 is 0. The van der Waals surface area contributed by atoms with Crippen LogP contribution in [0.4, 0.5) is 5.00 Å². The van der Waals surface area contributed by atoms with E-state index in [1.54, 1.807) is 0 Å². The predicted octanol–water partition coefficient (Wildman–Crippen LogP) is 3.90. The third-order valence-corrected chi connectivity index (χ3v) is 9.53. The van der Waals surface area contributed by atoms with Crippen molar-refractivity contribution in [2.24, 2.45) is 0 Å². The summed E-state index contributed by atoms with van der Waals surface area (Å²) in [7, 11) is 0. The monoisotopic (exact) mass is 485 g/mol. The number of aromatic amines is 1. The molecule has 2 fully saturated rings. The Morgan fingerprint density at radius 1 is 1.00 bits per heavy atom. The Kier molecular flexibility index (Phi) is 6.20. The molecule has 1 aliphatic heterocycles. The highest BCUT2D eigenvalue weighted by Gasteiger charge is 2.38. The van der Waals surface area contributed by atoms with Gasteiger partial charge >= 0.3 is 4.87 Å². The lowest BCUT2D eigenvalue weighted by atomic mass is 9.63. The van der Waals surface area contributed by atoms with Crippen molar-refractivity contribution in [1.29, 1.82) is 0 Å².